The Balaban J connectivity index is 0. The van der Waals surface area contributed by atoms with Gasteiger partial charge in [0.1, 0.15) is 0 Å². The smallest absolute Gasteiger partial charge is 1.00 e. The van der Waals surface area contributed by atoms with Crippen molar-refractivity contribution in [1.82, 2.24) is 0 Å². The monoisotopic (exact) mass is 374 g/mol. The minimum absolute atomic E-state index is 0. The average molecular weight is 375 g/mol. The summed E-state index contributed by atoms with van der Waals surface area (Å²) in [6.45, 7) is 2.31. The fourth-order valence-corrected chi connectivity index (χ4v) is 7.51. The molecule has 1 heterocycles. The molecule has 0 bridgehead atoms. The van der Waals surface area contributed by atoms with Gasteiger partial charge in [0.2, 0.25) is 0 Å². The maximum Gasteiger partial charge on any atom is 4.00 e. The van der Waals surface area contributed by atoms with Crippen molar-refractivity contribution < 1.29 is 46.5 Å². The first kappa shape index (κ1) is 23.7. The molecule has 0 saturated carbocycles. The molecule has 1 saturated heterocycles. The minimum Gasteiger partial charge on any atom is -1.00 e. The van der Waals surface area contributed by atoms with Crippen LogP contribution in [0.25, 0.3) is 0 Å². The summed E-state index contributed by atoms with van der Waals surface area (Å²) in [6, 6.07) is 4.68. The molecule has 1 aliphatic heterocycles. The molecule has 0 aromatic carbocycles. The van der Waals surface area contributed by atoms with Crippen LogP contribution < -0.4 is 24.8 Å². The van der Waals surface area contributed by atoms with E-state index >= 15 is 0 Å². The van der Waals surface area contributed by atoms with Crippen LogP contribution in [0, 0.1) is 12.2 Å². The molecule has 0 radical (unpaired) electrons. The quantitative estimate of drug-likeness (QED) is 0.445. The molecule has 4 heteroatoms. The second-order valence-corrected chi connectivity index (χ2v) is 10.1. The van der Waals surface area contributed by atoms with Gasteiger partial charge in [-0.15, -0.1) is 12.8 Å². The predicted molar refractivity (Wildman–Crippen MR) is 81.8 cm³/mol. The molecule has 114 valence electrons. The molecule has 0 aromatic rings. The summed E-state index contributed by atoms with van der Waals surface area (Å²) in [6.07, 6.45) is 23.5. The summed E-state index contributed by atoms with van der Waals surface area (Å²) in [5, 5.41) is 1.74. The van der Waals surface area contributed by atoms with Crippen LogP contribution in [-0.2, 0) is 21.7 Å². The van der Waals surface area contributed by atoms with Gasteiger partial charge < -0.3 is 24.8 Å². The van der Waals surface area contributed by atoms with Gasteiger partial charge in [-0.25, -0.2) is 24.3 Å². The first-order valence-electron chi connectivity index (χ1n) is 7.37. The van der Waals surface area contributed by atoms with E-state index in [0.717, 1.165) is 6.42 Å². The van der Waals surface area contributed by atoms with E-state index in [1.54, 1.807) is 23.3 Å². The van der Waals surface area contributed by atoms with Gasteiger partial charge in [-0.2, -0.15) is 11.3 Å². The molecule has 0 unspecified atom stereocenters. The first-order valence-corrected chi connectivity index (χ1v) is 9.99. The van der Waals surface area contributed by atoms with Crippen molar-refractivity contribution in [3.63, 3.8) is 0 Å². The fourth-order valence-electron chi connectivity index (χ4n) is 2.93. The summed E-state index contributed by atoms with van der Waals surface area (Å²) >= 11 is 0. The predicted octanol–water partition coefficient (Wildman–Crippen LogP) is -0.821. The minimum atomic E-state index is -0.888. The average Bonchev–Trinajstić information content (AvgIpc) is 3.04. The van der Waals surface area contributed by atoms with E-state index in [-0.39, 0.29) is 46.5 Å². The van der Waals surface area contributed by atoms with Gasteiger partial charge in [0.05, 0.1) is 8.07 Å². The first-order chi connectivity index (χ1) is 8.87. The largest absolute Gasteiger partial charge is 4.00 e. The fraction of sp³-hybridized carbons (Fsp3) is 0.529. The summed E-state index contributed by atoms with van der Waals surface area (Å²) in [7, 11) is -0.888. The van der Waals surface area contributed by atoms with Gasteiger partial charge in [-0.3, -0.25) is 12.2 Å². The molecule has 0 aromatic heterocycles. The number of hydrogen-bond donors (Lipinski definition) is 0. The van der Waals surface area contributed by atoms with Gasteiger partial charge in [0.15, 0.2) is 0 Å². The Morgan fingerprint density at radius 1 is 1.19 bits per heavy atom. The normalized spacial score (nSPS) is 19.2. The van der Waals surface area contributed by atoms with Crippen molar-refractivity contribution in [3.05, 3.63) is 47.7 Å². The molecule has 0 N–H and O–H groups in total. The van der Waals surface area contributed by atoms with Gasteiger partial charge in [-0.05, 0) is 0 Å². The van der Waals surface area contributed by atoms with E-state index in [1.807, 2.05) is 12.2 Å². The van der Waals surface area contributed by atoms with E-state index in [4.69, 9.17) is 0 Å². The summed E-state index contributed by atoms with van der Waals surface area (Å²) in [4.78, 5) is 0. The van der Waals surface area contributed by atoms with Crippen LogP contribution in [0.5, 0.6) is 0 Å². The Morgan fingerprint density at radius 3 is 2.29 bits per heavy atom. The Labute approximate surface area is 159 Å². The number of hydrogen-bond acceptors (Lipinski definition) is 0. The summed E-state index contributed by atoms with van der Waals surface area (Å²) < 4.78 is 0. The van der Waals surface area contributed by atoms with E-state index in [1.165, 1.54) is 25.7 Å². The standard InChI is InChI=1S/C12H19Si.C5H5.2ClH.Ti/c1-2-3-9-13(10-6-11-13)12-7-4-5-8-12;1-2-4-5-3-1;;;/h4-5H,2-3,6-7,9-11H2,1H3;1-3H,4H2;2*1H;/q2*-1;;;+4/p-2. The van der Waals surface area contributed by atoms with Crippen molar-refractivity contribution >= 4 is 8.07 Å². The van der Waals surface area contributed by atoms with E-state index < -0.39 is 8.07 Å². The summed E-state index contributed by atoms with van der Waals surface area (Å²) in [5.74, 6) is 0. The number of halogens is 2. The molecular weight excluding hydrogens is 351 g/mol. The van der Waals surface area contributed by atoms with Crippen LogP contribution in [0.4, 0.5) is 0 Å². The molecule has 1 fully saturated rings. The molecule has 2 aliphatic carbocycles. The zero-order valence-corrected chi connectivity index (χ0v) is 16.9. The number of unbranched alkanes of at least 4 members (excludes halogenated alkanes) is 1. The second-order valence-electron chi connectivity index (χ2n) is 5.47. The van der Waals surface area contributed by atoms with Crippen LogP contribution in [-0.4, -0.2) is 8.07 Å². The second kappa shape index (κ2) is 13.0. The van der Waals surface area contributed by atoms with Crippen molar-refractivity contribution in [2.45, 2.75) is 57.2 Å². The maximum atomic E-state index is 3.51. The zero-order valence-electron chi connectivity index (χ0n) is 12.8. The van der Waals surface area contributed by atoms with E-state index in [2.05, 4.69) is 37.3 Å². The van der Waals surface area contributed by atoms with Crippen molar-refractivity contribution in [3.8, 4) is 0 Å². The third kappa shape index (κ3) is 7.05. The summed E-state index contributed by atoms with van der Waals surface area (Å²) in [5.41, 5.74) is 0. The Hall–Kier alpha value is 0.471. The molecule has 21 heavy (non-hydrogen) atoms. The third-order valence-electron chi connectivity index (χ3n) is 4.24. The van der Waals surface area contributed by atoms with Gasteiger partial charge in [-0.1, -0.05) is 44.3 Å². The Bertz CT molecular complexity index is 372. The molecule has 0 spiro atoms. The Kier molecular flexibility index (Phi) is 14.6. The molecule has 0 amide bonds. The zero-order chi connectivity index (χ0) is 12.7. The van der Waals surface area contributed by atoms with Crippen molar-refractivity contribution in [1.29, 1.82) is 0 Å². The molecule has 0 atom stereocenters. The van der Waals surface area contributed by atoms with Gasteiger partial charge in [0, 0.05) is 0 Å². The maximum absolute atomic E-state index is 3.51. The van der Waals surface area contributed by atoms with Crippen molar-refractivity contribution in [2.24, 2.45) is 0 Å². The number of allylic oxidation sites excluding steroid dienone is 8. The van der Waals surface area contributed by atoms with Crippen LogP contribution >= 0.6 is 0 Å². The van der Waals surface area contributed by atoms with Crippen LogP contribution in [0.2, 0.25) is 18.1 Å². The molecule has 3 rings (SSSR count). The topological polar surface area (TPSA) is 0 Å². The van der Waals surface area contributed by atoms with Crippen LogP contribution in [0.3, 0.4) is 0 Å². The van der Waals surface area contributed by atoms with Crippen LogP contribution in [0.1, 0.15) is 39.0 Å². The van der Waals surface area contributed by atoms with Gasteiger partial charge in [0.25, 0.3) is 0 Å². The molecule has 3 aliphatic rings. The van der Waals surface area contributed by atoms with E-state index in [9.17, 15) is 0 Å². The Morgan fingerprint density at radius 2 is 1.95 bits per heavy atom. The third-order valence-corrected chi connectivity index (χ3v) is 9.80. The number of rotatable bonds is 4. The van der Waals surface area contributed by atoms with E-state index in [0.29, 0.717) is 0 Å². The van der Waals surface area contributed by atoms with Crippen molar-refractivity contribution in [2.75, 3.05) is 0 Å². The van der Waals surface area contributed by atoms with Gasteiger partial charge >= 0.3 is 21.7 Å². The SMILES string of the molecule is CCCC[Si]1(C2=[C-]C=CC2)CCC1.[C-]1=CC=CC1.[Cl-].[Cl-].[Ti+4]. The molecule has 0 nitrogen and oxygen atoms in total. The molecular formula is C17H24Cl2SiTi. The van der Waals surface area contributed by atoms with Crippen LogP contribution in [0.15, 0.2) is 35.6 Å².